The van der Waals surface area contributed by atoms with Crippen LogP contribution in [0.25, 0.3) is 0 Å². The second-order valence-electron chi connectivity index (χ2n) is 5.25. The Bertz CT molecular complexity index is 239. The molecular formula is C16H33N2O+. The summed E-state index contributed by atoms with van der Waals surface area (Å²) in [6, 6.07) is 0. The van der Waals surface area contributed by atoms with Gasteiger partial charge in [-0.3, -0.25) is 4.79 Å². The average Bonchev–Trinajstić information content (AvgIpc) is 2.44. The Morgan fingerprint density at radius 2 is 1.74 bits per heavy atom. The van der Waals surface area contributed by atoms with E-state index in [4.69, 9.17) is 0 Å². The highest BCUT2D eigenvalue weighted by Crippen LogP contribution is 2.05. The van der Waals surface area contributed by atoms with Gasteiger partial charge < -0.3 is 9.80 Å². The highest BCUT2D eigenvalue weighted by Gasteiger charge is 2.19. The van der Waals surface area contributed by atoms with Crippen molar-refractivity contribution in [1.82, 2.24) is 5.32 Å². The van der Waals surface area contributed by atoms with Crippen molar-refractivity contribution in [1.29, 1.82) is 0 Å². The molecule has 1 amide bonds. The molecule has 0 spiro atoms. The zero-order valence-electron chi connectivity index (χ0n) is 13.2. The van der Waals surface area contributed by atoms with Crippen LogP contribution in [0.2, 0.25) is 0 Å². The summed E-state index contributed by atoms with van der Waals surface area (Å²) in [5, 5.41) is 3.06. The maximum Gasteiger partial charge on any atom is 0.220 e. The van der Waals surface area contributed by atoms with Crippen molar-refractivity contribution >= 4 is 5.91 Å². The number of amides is 1. The van der Waals surface area contributed by atoms with Crippen LogP contribution in [-0.2, 0) is 4.79 Å². The molecule has 0 bridgehead atoms. The van der Waals surface area contributed by atoms with E-state index in [1.54, 1.807) is 0 Å². The molecule has 1 N–H and O–H groups in total. The molecule has 0 aromatic heterocycles. The molecule has 0 atom stereocenters. The maximum atomic E-state index is 11.7. The van der Waals surface area contributed by atoms with Crippen molar-refractivity contribution < 1.29 is 9.28 Å². The Labute approximate surface area is 119 Å². The van der Waals surface area contributed by atoms with E-state index in [2.05, 4.69) is 32.7 Å². The minimum Gasteiger partial charge on any atom is -0.350 e. The molecule has 0 aromatic carbocycles. The van der Waals surface area contributed by atoms with Crippen molar-refractivity contribution in [3.63, 3.8) is 0 Å². The third-order valence-corrected chi connectivity index (χ3v) is 4.23. The van der Waals surface area contributed by atoms with E-state index in [-0.39, 0.29) is 5.91 Å². The Balaban J connectivity index is 3.70. The molecular weight excluding hydrogens is 236 g/mol. The Morgan fingerprint density at radius 1 is 1.11 bits per heavy atom. The van der Waals surface area contributed by atoms with E-state index >= 15 is 0 Å². The molecule has 0 rings (SSSR count). The molecule has 0 unspecified atom stereocenters. The van der Waals surface area contributed by atoms with Crippen LogP contribution in [0.15, 0.2) is 12.7 Å². The average molecular weight is 269 g/mol. The van der Waals surface area contributed by atoms with Crippen molar-refractivity contribution in [2.24, 2.45) is 0 Å². The summed E-state index contributed by atoms with van der Waals surface area (Å²) in [5.74, 6) is 0.208. The molecule has 0 heterocycles. The smallest absolute Gasteiger partial charge is 0.220 e. The van der Waals surface area contributed by atoms with Crippen molar-refractivity contribution in [2.45, 2.75) is 52.9 Å². The number of unbranched alkanes of at least 4 members (excludes halogenated alkanes) is 3. The molecule has 0 aliphatic heterocycles. The number of nitrogens with zero attached hydrogens (tertiary/aromatic N) is 1. The highest BCUT2D eigenvalue weighted by atomic mass is 16.1. The van der Waals surface area contributed by atoms with Gasteiger partial charge in [0.2, 0.25) is 5.91 Å². The van der Waals surface area contributed by atoms with Gasteiger partial charge in [0.25, 0.3) is 0 Å². The zero-order valence-corrected chi connectivity index (χ0v) is 13.2. The quantitative estimate of drug-likeness (QED) is 0.329. The first-order chi connectivity index (χ1) is 9.14. The number of quaternary nitrogens is 1. The van der Waals surface area contributed by atoms with E-state index < -0.39 is 0 Å². The molecule has 0 radical (unpaired) electrons. The predicted molar refractivity (Wildman–Crippen MR) is 83.0 cm³/mol. The number of hydrogen-bond acceptors (Lipinski definition) is 1. The Hall–Kier alpha value is -0.830. The lowest BCUT2D eigenvalue weighted by molar-refractivity contribution is -0.922. The van der Waals surface area contributed by atoms with Crippen molar-refractivity contribution in [3.8, 4) is 0 Å². The van der Waals surface area contributed by atoms with Crippen LogP contribution in [-0.4, -0.2) is 43.1 Å². The SMILES string of the molecule is C=CCCCCCC(=O)NCC[N+](CC)(CC)CC. The van der Waals surface area contributed by atoms with Gasteiger partial charge in [-0.05, 0) is 40.0 Å². The number of carbonyl (C=O) groups excluding carboxylic acids is 1. The normalized spacial score (nSPS) is 11.3. The molecule has 19 heavy (non-hydrogen) atoms. The number of hydrogen-bond donors (Lipinski definition) is 1. The Morgan fingerprint density at radius 3 is 2.26 bits per heavy atom. The molecule has 3 nitrogen and oxygen atoms in total. The molecule has 0 saturated carbocycles. The second kappa shape index (κ2) is 11.0. The van der Waals surface area contributed by atoms with Gasteiger partial charge in [0.15, 0.2) is 0 Å². The fourth-order valence-corrected chi connectivity index (χ4v) is 2.42. The summed E-state index contributed by atoms with van der Waals surface area (Å²) in [7, 11) is 0. The van der Waals surface area contributed by atoms with Gasteiger partial charge in [0.1, 0.15) is 0 Å². The molecule has 0 fully saturated rings. The molecule has 0 aromatic rings. The van der Waals surface area contributed by atoms with Gasteiger partial charge in [0.05, 0.1) is 32.7 Å². The summed E-state index contributed by atoms with van der Waals surface area (Å²) < 4.78 is 1.10. The molecule has 3 heteroatoms. The third-order valence-electron chi connectivity index (χ3n) is 4.23. The van der Waals surface area contributed by atoms with E-state index in [0.717, 1.165) is 62.9 Å². The Kier molecular flexibility index (Phi) is 10.6. The summed E-state index contributed by atoms with van der Waals surface area (Å²) in [4.78, 5) is 11.7. The number of carbonyl (C=O) groups is 1. The first kappa shape index (κ1) is 18.2. The summed E-state index contributed by atoms with van der Waals surface area (Å²) >= 11 is 0. The van der Waals surface area contributed by atoms with Gasteiger partial charge in [-0.25, -0.2) is 0 Å². The fraction of sp³-hybridized carbons (Fsp3) is 0.812. The molecule has 112 valence electrons. The highest BCUT2D eigenvalue weighted by molar-refractivity contribution is 5.75. The van der Waals surface area contributed by atoms with Crippen LogP contribution >= 0.6 is 0 Å². The van der Waals surface area contributed by atoms with Gasteiger partial charge in [0, 0.05) is 6.42 Å². The zero-order chi connectivity index (χ0) is 14.6. The van der Waals surface area contributed by atoms with E-state index in [1.807, 2.05) is 6.08 Å². The fourth-order valence-electron chi connectivity index (χ4n) is 2.42. The maximum absolute atomic E-state index is 11.7. The number of allylic oxidation sites excluding steroid dienone is 1. The van der Waals surface area contributed by atoms with Gasteiger partial charge in [-0.2, -0.15) is 0 Å². The summed E-state index contributed by atoms with van der Waals surface area (Å²) in [5.41, 5.74) is 0. The lowest BCUT2D eigenvalue weighted by Gasteiger charge is -2.35. The molecule has 0 aliphatic rings. The minimum atomic E-state index is 0.208. The van der Waals surface area contributed by atoms with Crippen molar-refractivity contribution in [3.05, 3.63) is 12.7 Å². The summed E-state index contributed by atoms with van der Waals surface area (Å²) in [6.07, 6.45) is 6.94. The van der Waals surface area contributed by atoms with Crippen LogP contribution in [0.3, 0.4) is 0 Å². The number of nitrogens with one attached hydrogen (secondary N) is 1. The molecule has 0 aliphatic carbocycles. The third kappa shape index (κ3) is 8.04. The van der Waals surface area contributed by atoms with Crippen LogP contribution in [0, 0.1) is 0 Å². The first-order valence-corrected chi connectivity index (χ1v) is 7.86. The first-order valence-electron chi connectivity index (χ1n) is 7.86. The van der Waals surface area contributed by atoms with E-state index in [0.29, 0.717) is 6.42 Å². The monoisotopic (exact) mass is 269 g/mol. The van der Waals surface area contributed by atoms with Gasteiger partial charge >= 0.3 is 0 Å². The van der Waals surface area contributed by atoms with Crippen LogP contribution < -0.4 is 5.32 Å². The van der Waals surface area contributed by atoms with Gasteiger partial charge in [-0.15, -0.1) is 6.58 Å². The summed E-state index contributed by atoms with van der Waals surface area (Å²) in [6.45, 7) is 15.7. The van der Waals surface area contributed by atoms with E-state index in [1.165, 1.54) is 0 Å². The van der Waals surface area contributed by atoms with Crippen LogP contribution in [0.1, 0.15) is 52.9 Å². The molecule has 0 saturated heterocycles. The van der Waals surface area contributed by atoms with Crippen molar-refractivity contribution in [2.75, 3.05) is 32.7 Å². The predicted octanol–water partition coefficient (Wildman–Crippen LogP) is 3.12. The van der Waals surface area contributed by atoms with E-state index in [9.17, 15) is 4.79 Å². The number of rotatable bonds is 12. The second-order valence-corrected chi connectivity index (χ2v) is 5.25. The lowest BCUT2D eigenvalue weighted by Crippen LogP contribution is -2.51. The van der Waals surface area contributed by atoms with Gasteiger partial charge in [-0.1, -0.05) is 12.5 Å². The lowest BCUT2D eigenvalue weighted by atomic mass is 10.1. The minimum absolute atomic E-state index is 0.208. The standard InChI is InChI=1S/C16H32N2O/c1-5-9-10-11-12-13-16(19)17-14-15-18(6-2,7-3)8-4/h5H,1,6-15H2,2-4H3/p+1. The largest absolute Gasteiger partial charge is 0.350 e. The van der Waals surface area contributed by atoms with Crippen LogP contribution in [0.5, 0.6) is 0 Å². The number of likely N-dealkylation sites (N-methyl/N-ethyl adjacent to an activating group) is 1. The van der Waals surface area contributed by atoms with Crippen LogP contribution in [0.4, 0.5) is 0 Å². The topological polar surface area (TPSA) is 29.1 Å².